The molecule has 14 aliphatic rings. The number of carboxylic acid groups (broad SMARTS) is 1. The number of ether oxygens (including phenoxy) is 20. The largest absolute Gasteiger partial charge is 0.478 e. The maximum absolute atomic E-state index is 14.4. The van der Waals surface area contributed by atoms with Crippen LogP contribution >= 0.6 is 46.4 Å². The number of carbonyl (C=O) groups is 3. The number of rotatable bonds is 18. The van der Waals surface area contributed by atoms with Crippen molar-refractivity contribution >= 4 is 64.3 Å². The number of fused-ring (bicyclic) bond motifs is 4. The number of allylic oxidation sites excluding steroid dienone is 4. The molecule has 2 aromatic carbocycles. The van der Waals surface area contributed by atoms with Gasteiger partial charge in [-0.15, -0.1) is 0 Å². The summed E-state index contributed by atoms with van der Waals surface area (Å²) in [5.41, 5.74) is 0.602. The van der Waals surface area contributed by atoms with E-state index >= 15 is 0 Å². The molecule has 32 nitrogen and oxygen atoms in total. The Labute approximate surface area is 891 Å². The molecule has 0 radical (unpaired) electrons. The van der Waals surface area contributed by atoms with Gasteiger partial charge < -0.3 is 131 Å². The maximum Gasteiger partial charge on any atom is 0.335 e. The molecule has 2 aromatic rings. The maximum atomic E-state index is 14.4. The Hall–Kier alpha value is -6.57. The molecule has 0 aromatic heterocycles. The number of nitriles is 2. The smallest absolute Gasteiger partial charge is 0.335 e. The second kappa shape index (κ2) is 51.9. The topological polar surface area (TPSA) is 409 Å². The zero-order chi connectivity index (χ0) is 108. The van der Waals surface area contributed by atoms with Crippen LogP contribution in [0.15, 0.2) is 149 Å². The number of likely N-dealkylation sites (N-methyl/N-ethyl adjacent to an activating group) is 2. The summed E-state index contributed by atoms with van der Waals surface area (Å²) in [5, 5.41) is 79.7. The first-order valence-electron chi connectivity index (χ1n) is 52.0. The molecule has 16 rings (SSSR count). The number of aliphatic hydroxyl groups excluding tert-OH is 2. The van der Waals surface area contributed by atoms with E-state index in [-0.39, 0.29) is 165 Å². The van der Waals surface area contributed by atoms with E-state index in [1.165, 1.54) is 0 Å². The van der Waals surface area contributed by atoms with Gasteiger partial charge >= 0.3 is 17.9 Å². The number of nitrogens with one attached hydrogen (secondary N) is 2. The summed E-state index contributed by atoms with van der Waals surface area (Å²) in [6.07, 6.45) is 20.5. The van der Waals surface area contributed by atoms with E-state index in [4.69, 9.17) is 157 Å². The molecule has 2 spiro atoms. The van der Waals surface area contributed by atoms with E-state index in [9.17, 15) is 34.8 Å². The number of aromatic carboxylic acids is 1. The normalized spacial score (nSPS) is 42.5. The zero-order valence-corrected chi connectivity index (χ0v) is 92.0. The molecule has 0 amide bonds. The highest BCUT2D eigenvalue weighted by Crippen LogP contribution is 2.52. The Bertz CT molecular complexity index is 5250. The van der Waals surface area contributed by atoms with Crippen molar-refractivity contribution in [3.63, 3.8) is 0 Å². The van der Waals surface area contributed by atoms with Crippen LogP contribution in [0.2, 0.25) is 20.1 Å². The summed E-state index contributed by atoms with van der Waals surface area (Å²) in [4.78, 5) is 38.9. The molecule has 2 aliphatic carbocycles. The van der Waals surface area contributed by atoms with Crippen molar-refractivity contribution in [1.82, 2.24) is 10.6 Å². The molecular formula is C112H154Cl4N4O28. The lowest BCUT2D eigenvalue weighted by molar-refractivity contribution is -0.312. The van der Waals surface area contributed by atoms with Crippen molar-refractivity contribution in [2.45, 2.75) is 376 Å². The van der Waals surface area contributed by atoms with Gasteiger partial charge in [-0.05, 0) is 152 Å². The predicted octanol–water partition coefficient (Wildman–Crippen LogP) is 16.2. The van der Waals surface area contributed by atoms with Gasteiger partial charge in [0, 0.05) is 103 Å². The highest BCUT2D eigenvalue weighted by atomic mass is 35.5. The number of nitrogens with zero attached hydrogens (tertiary/aromatic N) is 2. The summed E-state index contributed by atoms with van der Waals surface area (Å²) < 4.78 is 129. The van der Waals surface area contributed by atoms with Crippen molar-refractivity contribution in [3.05, 3.63) is 186 Å². The summed E-state index contributed by atoms with van der Waals surface area (Å²) >= 11 is 22.8. The van der Waals surface area contributed by atoms with Crippen molar-refractivity contribution < 1.29 is 135 Å². The Morgan fingerprint density at radius 1 is 0.500 bits per heavy atom. The van der Waals surface area contributed by atoms with E-state index in [2.05, 4.69) is 104 Å². The molecule has 7 N–H and O–H groups in total. The zero-order valence-electron chi connectivity index (χ0n) is 89.0. The van der Waals surface area contributed by atoms with Gasteiger partial charge in [-0.2, -0.15) is 10.5 Å². The molecule has 39 atom stereocenters. The van der Waals surface area contributed by atoms with Gasteiger partial charge in [0.15, 0.2) is 36.7 Å². The summed E-state index contributed by atoms with van der Waals surface area (Å²) in [5.74, 6) is -5.95. The van der Waals surface area contributed by atoms with Crippen molar-refractivity contribution in [2.24, 2.45) is 47.3 Å². The van der Waals surface area contributed by atoms with Crippen molar-refractivity contribution in [3.8, 4) is 12.1 Å². The molecule has 0 unspecified atom stereocenters. The Morgan fingerprint density at radius 3 is 1.26 bits per heavy atom. The standard InChI is InChI=1S/C49H75NO13.C48H73NO13.C8Cl4N2.C7H6O2/c1-12-26(2)44-29(5)18-19-48(63-44)24-35-21-34(62-48)17-16-28(4)43(27(3)14-13-15-33-25-56-46-42(51)30(6)20-36(47(52)59-35)49(33,46)53)60-40-23-38(55-11)45(32(8)58-40)61-39-22-37(54-10)41(50-9)31(7)57-39;1-25(2)42-28(5)17-18-47(62-42)23-34-20-33(61-47)16-15-27(4)43(26(3)13-12-14-32-24-55-45-41(50)29(6)19-35(46(51)58-34)48(32,45)52)59-39-22-37(54-11)44(31(8)57-39)60-38-21-36(53-10)40(49-9)30(7)56-38;9-5-3(1-13)6(10)8(12)7(11)4(5)2-14;8-7(9)6-4-2-1-3-5-6/h13-16,18-20,26-27,29,31-32,34-46,50-51,53H,12,17,21-25H2,1-11H3;12-15,17-19,25-26,28,30-31,33-45,49-50,52H,16,20-24H2,1-11H3;;1-5H,(H,8,9)/b14-13+,28-16+,33-15+;13-12+,27-15+,32-14+;;/t26-,27-,29-,31-,32-,34+,35-,36-,37-,38-,39-,40-,41-,42+,43-,44+,45-,46+,48+,49+;26-,28-,30-,31-,33+,34-,35-,36-,37-,38-,39-,40-,41+,42+,43-,44-,45+,47+,48+;;/m00../s1. The molecule has 12 heterocycles. The minimum Gasteiger partial charge on any atom is -0.478 e. The lowest BCUT2D eigenvalue weighted by atomic mass is 9.71. The van der Waals surface area contributed by atoms with Crippen LogP contribution in [0, 0.1) is 70.0 Å². The quantitative estimate of drug-likeness (QED) is 0.0315. The molecular weight excluding hydrogens is 1990 g/mol. The number of methoxy groups -OCH3 is 4. The SMILES string of the molecule is CC[C@H](C)[C@H]1O[C@]2(C=C[C@@H]1C)C[C@@H]1C[C@@H](C/C=C(\C)[C@@H](O[C@H]3C[C@H](OC)[C@@H](O[C@H]4C[C@H](OC)[C@@H](NC)[C@H](C)O4)[C@H](C)O3)[C@@H](C)/C=C/C=C3\CO[C@@H]4[C@H](O)C(C)=C[C@@H](C(=O)O1)[C@]34O)O2.CN[C@H]1[C@H](C)O[C@@H](O[C@H]2[C@H](C)O[C@@H](O[C@@H]3/C(C)=C/C[C@@H]4C[C@@H](C[C@]5(C=C[C@H](C)[C@@H](C(C)C)O5)O4)OC(=O)[C@@H]4C=C(C)[C@@H](O)[C@H]5OC/C(=C\C=C\[C@@H]3C)[C@]54O)C[C@@H]2OC)C[C@@H]1OC.N#Cc1c(Cl)c(Cl)c(Cl)c(C#N)c1Cl.O=C(O)c1ccccc1. The van der Waals surface area contributed by atoms with Crippen LogP contribution in [0.25, 0.3) is 0 Å². The lowest BCUT2D eigenvalue weighted by Crippen LogP contribution is -2.58. The first kappa shape index (κ1) is 118. The molecule has 818 valence electrons. The third-order valence-corrected chi connectivity index (χ3v) is 33.4. The number of hydrogen-bond acceptors (Lipinski definition) is 31. The van der Waals surface area contributed by atoms with E-state index in [0.717, 1.165) is 17.6 Å². The number of benzene rings is 2. The first-order chi connectivity index (χ1) is 70.4. The summed E-state index contributed by atoms with van der Waals surface area (Å²) in [6, 6.07) is 11.9. The van der Waals surface area contributed by atoms with E-state index < -0.39 is 139 Å². The van der Waals surface area contributed by atoms with E-state index in [1.54, 1.807) is 109 Å². The summed E-state index contributed by atoms with van der Waals surface area (Å²) in [6.45, 7) is 32.7. The van der Waals surface area contributed by atoms with Crippen LogP contribution in [0.5, 0.6) is 0 Å². The fourth-order valence-electron chi connectivity index (χ4n) is 23.3. The van der Waals surface area contributed by atoms with Gasteiger partial charge in [0.05, 0.1) is 148 Å². The number of carboxylic acids is 1. The molecule has 8 fully saturated rings. The molecule has 36 heteroatoms. The minimum atomic E-state index is -1.83. The Kier molecular flexibility index (Phi) is 41.5. The second-order valence-corrected chi connectivity index (χ2v) is 43.8. The fourth-order valence-corrected chi connectivity index (χ4v) is 24.4. The third-order valence-electron chi connectivity index (χ3n) is 31.7. The Morgan fingerprint density at radius 2 is 0.885 bits per heavy atom. The van der Waals surface area contributed by atoms with Gasteiger partial charge in [-0.25, -0.2) is 4.79 Å². The number of carbonyl (C=O) groups excluding carboxylic acids is 2. The monoisotopic (exact) mass is 2140 g/mol. The number of aliphatic hydroxyl groups is 4. The number of halogens is 4. The predicted molar refractivity (Wildman–Crippen MR) is 553 cm³/mol. The average Bonchev–Trinajstić information content (AvgIpc) is 1.57. The average molecular weight is 2150 g/mol. The molecule has 148 heavy (non-hydrogen) atoms. The Balaban J connectivity index is 0.000000202. The van der Waals surface area contributed by atoms with Gasteiger partial charge in [-0.3, -0.25) is 9.59 Å². The third kappa shape index (κ3) is 26.5. The van der Waals surface area contributed by atoms with Gasteiger partial charge in [0.25, 0.3) is 0 Å². The lowest BCUT2D eigenvalue weighted by Gasteiger charge is -2.48. The molecule has 0 saturated carbocycles. The van der Waals surface area contributed by atoms with Gasteiger partial charge in [-0.1, -0.05) is 199 Å². The summed E-state index contributed by atoms with van der Waals surface area (Å²) in [7, 11) is 10.6. The highest BCUT2D eigenvalue weighted by Gasteiger charge is 2.63. The van der Waals surface area contributed by atoms with E-state index in [1.807, 2.05) is 78.2 Å². The minimum absolute atomic E-state index is 0.0363. The van der Waals surface area contributed by atoms with Crippen molar-refractivity contribution in [2.75, 3.05) is 55.7 Å². The van der Waals surface area contributed by atoms with Crippen molar-refractivity contribution in [1.29, 1.82) is 10.5 Å². The molecule has 8 saturated heterocycles. The number of esters is 2. The highest BCUT2D eigenvalue weighted by molar-refractivity contribution is 6.50. The van der Waals surface area contributed by atoms with Gasteiger partial charge in [0.1, 0.15) is 84.0 Å². The number of hydrogen-bond donors (Lipinski definition) is 7. The van der Waals surface area contributed by atoms with E-state index in [0.29, 0.717) is 92.1 Å². The van der Waals surface area contributed by atoms with Gasteiger partial charge in [0.2, 0.25) is 0 Å². The van der Waals surface area contributed by atoms with Crippen LogP contribution in [-0.2, 0) is 104 Å². The van der Waals surface area contributed by atoms with Crippen LogP contribution in [-0.4, -0.2) is 293 Å². The molecule has 4 bridgehead atoms. The van der Waals surface area contributed by atoms with Crippen LogP contribution in [0.3, 0.4) is 0 Å². The first-order valence-corrected chi connectivity index (χ1v) is 53.5. The fraction of sp³-hybridized carbons (Fsp3) is 0.670. The second-order valence-electron chi connectivity index (χ2n) is 42.3. The van der Waals surface area contributed by atoms with Crippen LogP contribution < -0.4 is 10.6 Å². The molecule has 12 aliphatic heterocycles. The van der Waals surface area contributed by atoms with Crippen LogP contribution in [0.1, 0.15) is 203 Å². The van der Waals surface area contributed by atoms with Crippen LogP contribution in [0.4, 0.5) is 0 Å².